The molecule has 0 atom stereocenters. The summed E-state index contributed by atoms with van der Waals surface area (Å²) in [6.45, 7) is 9.28. The van der Waals surface area contributed by atoms with Crippen LogP contribution >= 0.6 is 22.6 Å². The zero-order valence-corrected chi connectivity index (χ0v) is 17.4. The first kappa shape index (κ1) is 18.5. The van der Waals surface area contributed by atoms with E-state index in [1.54, 1.807) is 4.90 Å². The van der Waals surface area contributed by atoms with E-state index in [0.717, 1.165) is 27.5 Å². The number of amides is 2. The van der Waals surface area contributed by atoms with E-state index in [2.05, 4.69) is 22.6 Å². The number of piperazine rings is 1. The lowest BCUT2D eigenvalue weighted by molar-refractivity contribution is 0.000635. The minimum atomic E-state index is -0.501. The summed E-state index contributed by atoms with van der Waals surface area (Å²) in [6, 6.07) is 5.84. The van der Waals surface area contributed by atoms with Crippen LogP contribution in [0.15, 0.2) is 18.2 Å². The van der Waals surface area contributed by atoms with Crippen LogP contribution in [0, 0.1) is 10.5 Å². The smallest absolute Gasteiger partial charge is 0.410 e. The van der Waals surface area contributed by atoms with E-state index >= 15 is 0 Å². The molecule has 1 spiro atoms. The minimum absolute atomic E-state index is 0.0702. The van der Waals surface area contributed by atoms with Gasteiger partial charge < -0.3 is 14.5 Å². The Kier molecular flexibility index (Phi) is 4.77. The van der Waals surface area contributed by atoms with Crippen LogP contribution in [0.3, 0.4) is 0 Å². The Morgan fingerprint density at radius 1 is 1.20 bits per heavy atom. The first-order valence-electron chi connectivity index (χ1n) is 8.67. The molecule has 25 heavy (non-hydrogen) atoms. The van der Waals surface area contributed by atoms with Crippen LogP contribution in [0.1, 0.15) is 49.5 Å². The highest BCUT2D eigenvalue weighted by molar-refractivity contribution is 14.1. The third-order valence-corrected chi connectivity index (χ3v) is 5.99. The van der Waals surface area contributed by atoms with E-state index in [9.17, 15) is 9.59 Å². The monoisotopic (exact) mass is 456 g/mol. The maximum absolute atomic E-state index is 13.0. The molecule has 1 saturated heterocycles. The Labute approximate surface area is 162 Å². The van der Waals surface area contributed by atoms with Crippen molar-refractivity contribution < 1.29 is 14.3 Å². The summed E-state index contributed by atoms with van der Waals surface area (Å²) in [5.74, 6) is 0.0702. The number of nitrogens with zero attached hydrogens (tertiary/aromatic N) is 2. The van der Waals surface area contributed by atoms with Crippen LogP contribution in [0.4, 0.5) is 4.79 Å². The largest absolute Gasteiger partial charge is 0.444 e. The van der Waals surface area contributed by atoms with Gasteiger partial charge in [0.1, 0.15) is 5.60 Å². The second kappa shape index (κ2) is 6.45. The van der Waals surface area contributed by atoms with Gasteiger partial charge in [0.15, 0.2) is 0 Å². The van der Waals surface area contributed by atoms with Gasteiger partial charge in [-0.1, -0.05) is 0 Å². The number of carbonyl (C=O) groups excluding carboxylic acids is 2. The van der Waals surface area contributed by atoms with E-state index in [0.29, 0.717) is 19.6 Å². The molecule has 6 heteroatoms. The number of halogens is 1. The van der Waals surface area contributed by atoms with E-state index < -0.39 is 5.60 Å². The van der Waals surface area contributed by atoms with Crippen LogP contribution in [-0.2, 0) is 4.74 Å². The summed E-state index contributed by atoms with van der Waals surface area (Å²) >= 11 is 2.28. The minimum Gasteiger partial charge on any atom is -0.444 e. The van der Waals surface area contributed by atoms with Gasteiger partial charge >= 0.3 is 6.09 Å². The zero-order valence-electron chi connectivity index (χ0n) is 15.3. The van der Waals surface area contributed by atoms with E-state index in [4.69, 9.17) is 4.74 Å². The molecule has 5 nitrogen and oxygen atoms in total. The molecule has 2 aliphatic rings. The normalized spacial score (nSPS) is 19.1. The van der Waals surface area contributed by atoms with Gasteiger partial charge in [-0.25, -0.2) is 4.79 Å². The summed E-state index contributed by atoms with van der Waals surface area (Å²) in [6.07, 6.45) is 1.61. The molecular formula is C19H25IN2O3. The van der Waals surface area contributed by atoms with Crippen molar-refractivity contribution in [2.45, 2.75) is 51.7 Å². The molecule has 2 amide bonds. The zero-order chi connectivity index (χ0) is 18.4. The van der Waals surface area contributed by atoms with Crippen molar-refractivity contribution in [1.29, 1.82) is 0 Å². The van der Waals surface area contributed by atoms with Gasteiger partial charge in [-0.2, -0.15) is 0 Å². The van der Waals surface area contributed by atoms with Crippen LogP contribution in [0.25, 0.3) is 0 Å². The van der Waals surface area contributed by atoms with Gasteiger partial charge in [-0.3, -0.25) is 4.79 Å². The second-order valence-corrected chi connectivity index (χ2v) is 9.21. The molecule has 1 heterocycles. The molecule has 1 aliphatic heterocycles. The Hall–Kier alpha value is -1.31. The molecular weight excluding hydrogens is 431 g/mol. The number of hydrogen-bond acceptors (Lipinski definition) is 3. The molecule has 1 aromatic carbocycles. The number of ether oxygens (including phenoxy) is 1. The summed E-state index contributed by atoms with van der Waals surface area (Å²) < 4.78 is 6.65. The molecule has 0 aromatic heterocycles. The van der Waals surface area contributed by atoms with Gasteiger partial charge in [-0.15, -0.1) is 0 Å². The molecule has 1 aliphatic carbocycles. The van der Waals surface area contributed by atoms with Crippen molar-refractivity contribution in [2.75, 3.05) is 19.6 Å². The summed E-state index contributed by atoms with van der Waals surface area (Å²) in [5.41, 5.74) is 1.14. The molecule has 0 bridgehead atoms. The number of hydrogen-bond donors (Lipinski definition) is 0. The van der Waals surface area contributed by atoms with Crippen molar-refractivity contribution >= 4 is 34.6 Å². The first-order valence-corrected chi connectivity index (χ1v) is 9.75. The molecule has 1 aromatic rings. The topological polar surface area (TPSA) is 49.9 Å². The Bertz CT molecular complexity index is 707. The van der Waals surface area contributed by atoms with Crippen molar-refractivity contribution in [1.82, 2.24) is 9.80 Å². The van der Waals surface area contributed by atoms with Gasteiger partial charge in [-0.05, 0) is 86.9 Å². The Morgan fingerprint density at radius 3 is 2.44 bits per heavy atom. The highest BCUT2D eigenvalue weighted by Crippen LogP contribution is 2.45. The van der Waals surface area contributed by atoms with Crippen molar-refractivity contribution in [2.24, 2.45) is 0 Å². The number of carbonyl (C=O) groups is 2. The Morgan fingerprint density at radius 2 is 1.88 bits per heavy atom. The highest BCUT2D eigenvalue weighted by Gasteiger charge is 2.54. The molecule has 0 unspecified atom stereocenters. The lowest BCUT2D eigenvalue weighted by atomic mass is 10.1. The summed E-state index contributed by atoms with van der Waals surface area (Å²) in [4.78, 5) is 29.1. The van der Waals surface area contributed by atoms with Crippen LogP contribution in [0.5, 0.6) is 0 Å². The van der Waals surface area contributed by atoms with Crippen LogP contribution in [-0.4, -0.2) is 52.6 Å². The van der Waals surface area contributed by atoms with Gasteiger partial charge in [0, 0.05) is 28.8 Å². The highest BCUT2D eigenvalue weighted by atomic mass is 127. The maximum Gasteiger partial charge on any atom is 0.410 e. The molecule has 0 N–H and O–H groups in total. The average Bonchev–Trinajstić information content (AvgIpc) is 3.27. The molecule has 0 radical (unpaired) electrons. The predicted octanol–water partition coefficient (Wildman–Crippen LogP) is 3.83. The van der Waals surface area contributed by atoms with E-state index in [1.165, 1.54) is 0 Å². The fourth-order valence-electron chi connectivity index (χ4n) is 3.28. The quantitative estimate of drug-likeness (QED) is 0.604. The fourth-order valence-corrected chi connectivity index (χ4v) is 3.62. The summed E-state index contributed by atoms with van der Waals surface area (Å²) in [7, 11) is 0. The number of rotatable bonds is 1. The number of benzene rings is 1. The molecule has 3 rings (SSSR count). The SMILES string of the molecule is Cc1cc(C(=O)N2CCN(C(=O)OC(C)(C)C)CC23CC3)ccc1I. The third-order valence-electron chi connectivity index (χ3n) is 4.78. The van der Waals surface area contributed by atoms with Gasteiger partial charge in [0.05, 0.1) is 5.54 Å². The van der Waals surface area contributed by atoms with Crippen LogP contribution in [0.2, 0.25) is 0 Å². The van der Waals surface area contributed by atoms with Crippen molar-refractivity contribution in [3.05, 3.63) is 32.9 Å². The maximum atomic E-state index is 13.0. The molecule has 2 fully saturated rings. The molecule has 136 valence electrons. The van der Waals surface area contributed by atoms with Gasteiger partial charge in [0.25, 0.3) is 5.91 Å². The van der Waals surface area contributed by atoms with Crippen LogP contribution < -0.4 is 0 Å². The Balaban J connectivity index is 1.73. The van der Waals surface area contributed by atoms with E-state index in [-0.39, 0.29) is 17.5 Å². The lowest BCUT2D eigenvalue weighted by Crippen LogP contribution is -2.58. The van der Waals surface area contributed by atoms with E-state index in [1.807, 2.05) is 50.8 Å². The lowest BCUT2D eigenvalue weighted by Gasteiger charge is -2.42. The summed E-state index contributed by atoms with van der Waals surface area (Å²) in [5, 5.41) is 0. The second-order valence-electron chi connectivity index (χ2n) is 8.05. The van der Waals surface area contributed by atoms with Crippen molar-refractivity contribution in [3.63, 3.8) is 0 Å². The predicted molar refractivity (Wildman–Crippen MR) is 105 cm³/mol. The fraction of sp³-hybridized carbons (Fsp3) is 0.579. The standard InChI is InChI=1S/C19H25IN2O3/c1-13-11-14(5-6-15(13)20)16(23)22-10-9-21(12-19(22)7-8-19)17(24)25-18(2,3)4/h5-6,11H,7-10,12H2,1-4H3. The average molecular weight is 456 g/mol. The van der Waals surface area contributed by atoms with Crippen molar-refractivity contribution in [3.8, 4) is 0 Å². The number of aryl methyl sites for hydroxylation is 1. The van der Waals surface area contributed by atoms with Gasteiger partial charge in [0.2, 0.25) is 0 Å². The third kappa shape index (κ3) is 3.93. The first-order chi connectivity index (χ1) is 11.6. The molecule has 1 saturated carbocycles.